The molecule has 3 amide bonds. The van der Waals surface area contributed by atoms with Crippen LogP contribution < -0.4 is 5.32 Å². The van der Waals surface area contributed by atoms with E-state index in [-0.39, 0.29) is 11.9 Å². The zero-order valence-electron chi connectivity index (χ0n) is 7.89. The Morgan fingerprint density at radius 3 is 2.57 bits per heavy atom. The topological polar surface area (TPSA) is 67.2 Å². The Morgan fingerprint density at radius 1 is 1.43 bits per heavy atom. The molecule has 1 aliphatic rings. The van der Waals surface area contributed by atoms with Gasteiger partial charge in [0.15, 0.2) is 0 Å². The number of urea groups is 1. The third-order valence-corrected chi connectivity index (χ3v) is 2.21. The van der Waals surface area contributed by atoms with E-state index in [1.54, 1.807) is 24.1 Å². The molecule has 74 valence electrons. The molecule has 2 rings (SSSR count). The Balaban J connectivity index is 2.29. The van der Waals surface area contributed by atoms with E-state index in [0.717, 1.165) is 4.90 Å². The van der Waals surface area contributed by atoms with Gasteiger partial charge in [-0.25, -0.2) is 4.79 Å². The van der Waals surface area contributed by atoms with Gasteiger partial charge in [-0.3, -0.25) is 14.4 Å². The highest BCUT2D eigenvalue weighted by molar-refractivity contribution is 6.04. The monoisotopic (exact) mass is 194 g/mol. The normalized spacial score (nSPS) is 21.6. The molecule has 6 nitrogen and oxygen atoms in total. The van der Waals surface area contributed by atoms with Crippen molar-refractivity contribution in [2.75, 3.05) is 7.05 Å². The number of rotatable bonds is 1. The molecule has 1 aliphatic heterocycles. The fourth-order valence-electron chi connectivity index (χ4n) is 1.39. The van der Waals surface area contributed by atoms with Gasteiger partial charge in [-0.2, -0.15) is 5.10 Å². The van der Waals surface area contributed by atoms with Crippen molar-refractivity contribution < 1.29 is 9.59 Å². The van der Waals surface area contributed by atoms with Crippen molar-refractivity contribution in [1.82, 2.24) is 20.0 Å². The molecular formula is C8H10N4O2. The van der Waals surface area contributed by atoms with E-state index >= 15 is 0 Å². The first-order valence-electron chi connectivity index (χ1n) is 4.16. The van der Waals surface area contributed by atoms with Crippen LogP contribution in [-0.2, 0) is 11.8 Å². The maximum Gasteiger partial charge on any atom is 0.324 e. The Kier molecular flexibility index (Phi) is 1.77. The summed E-state index contributed by atoms with van der Waals surface area (Å²) in [5, 5.41) is 6.51. The van der Waals surface area contributed by atoms with Crippen LogP contribution in [0.15, 0.2) is 12.4 Å². The Bertz CT molecular complexity index is 398. The molecule has 1 saturated heterocycles. The standard InChI is InChI=1S/C8H10N4O2/c1-11-4-5(3-9-11)6-7(13)12(2)8(14)10-6/h3-4,6H,1-2H3,(H,10,14). The van der Waals surface area contributed by atoms with E-state index in [0.29, 0.717) is 5.56 Å². The first kappa shape index (κ1) is 8.74. The van der Waals surface area contributed by atoms with Crippen LogP contribution >= 0.6 is 0 Å². The largest absolute Gasteiger partial charge is 0.324 e. The molecule has 0 bridgehead atoms. The first-order chi connectivity index (χ1) is 6.59. The van der Waals surface area contributed by atoms with Crippen molar-refractivity contribution in [2.45, 2.75) is 6.04 Å². The third kappa shape index (κ3) is 1.15. The van der Waals surface area contributed by atoms with Gasteiger partial charge >= 0.3 is 6.03 Å². The van der Waals surface area contributed by atoms with E-state index in [1.165, 1.54) is 7.05 Å². The molecular weight excluding hydrogens is 184 g/mol. The van der Waals surface area contributed by atoms with Crippen molar-refractivity contribution in [3.8, 4) is 0 Å². The number of hydrogen-bond donors (Lipinski definition) is 1. The third-order valence-electron chi connectivity index (χ3n) is 2.21. The van der Waals surface area contributed by atoms with Crippen LogP contribution in [0, 0.1) is 0 Å². The number of nitrogens with zero attached hydrogens (tertiary/aromatic N) is 3. The van der Waals surface area contributed by atoms with E-state index in [4.69, 9.17) is 0 Å². The lowest BCUT2D eigenvalue weighted by Crippen LogP contribution is -2.25. The summed E-state index contributed by atoms with van der Waals surface area (Å²) in [6.07, 6.45) is 3.28. The summed E-state index contributed by atoms with van der Waals surface area (Å²) in [5.41, 5.74) is 0.704. The van der Waals surface area contributed by atoms with Crippen LogP contribution in [0.1, 0.15) is 11.6 Å². The van der Waals surface area contributed by atoms with E-state index < -0.39 is 6.04 Å². The molecule has 2 heterocycles. The average molecular weight is 194 g/mol. The van der Waals surface area contributed by atoms with Crippen molar-refractivity contribution in [3.05, 3.63) is 18.0 Å². The lowest BCUT2D eigenvalue weighted by molar-refractivity contribution is -0.126. The van der Waals surface area contributed by atoms with Gasteiger partial charge in [0.2, 0.25) is 0 Å². The molecule has 0 saturated carbocycles. The van der Waals surface area contributed by atoms with Crippen LogP contribution in [0.25, 0.3) is 0 Å². The minimum Gasteiger partial charge on any atom is -0.322 e. The molecule has 1 N–H and O–H groups in total. The second kappa shape index (κ2) is 2.83. The number of nitrogens with one attached hydrogen (secondary N) is 1. The van der Waals surface area contributed by atoms with Crippen LogP contribution in [0.2, 0.25) is 0 Å². The van der Waals surface area contributed by atoms with Gasteiger partial charge in [-0.15, -0.1) is 0 Å². The highest BCUT2D eigenvalue weighted by Crippen LogP contribution is 2.19. The smallest absolute Gasteiger partial charge is 0.322 e. The lowest BCUT2D eigenvalue weighted by Gasteiger charge is -2.03. The first-order valence-corrected chi connectivity index (χ1v) is 4.16. The summed E-state index contributed by atoms with van der Waals surface area (Å²) in [4.78, 5) is 23.7. The van der Waals surface area contributed by atoms with Gasteiger partial charge in [-0.1, -0.05) is 0 Å². The Labute approximate surface area is 80.5 Å². The fourth-order valence-corrected chi connectivity index (χ4v) is 1.39. The molecule has 1 aromatic heterocycles. The molecule has 1 aromatic rings. The number of aryl methyl sites for hydroxylation is 1. The minimum absolute atomic E-state index is 0.247. The summed E-state index contributed by atoms with van der Waals surface area (Å²) in [6.45, 7) is 0. The molecule has 6 heteroatoms. The maximum atomic E-state index is 11.5. The molecule has 14 heavy (non-hydrogen) atoms. The molecule has 1 fully saturated rings. The summed E-state index contributed by atoms with van der Waals surface area (Å²) in [5.74, 6) is -0.247. The summed E-state index contributed by atoms with van der Waals surface area (Å²) < 4.78 is 1.59. The van der Waals surface area contributed by atoms with Gasteiger partial charge in [0, 0.05) is 25.9 Å². The van der Waals surface area contributed by atoms with Crippen molar-refractivity contribution in [1.29, 1.82) is 0 Å². The highest BCUT2D eigenvalue weighted by Gasteiger charge is 2.36. The van der Waals surface area contributed by atoms with E-state index in [1.807, 2.05) is 0 Å². The fraction of sp³-hybridized carbons (Fsp3) is 0.375. The number of likely N-dealkylation sites (N-methyl/N-ethyl adjacent to an activating group) is 1. The van der Waals surface area contributed by atoms with Gasteiger partial charge < -0.3 is 5.32 Å². The number of imide groups is 1. The molecule has 1 unspecified atom stereocenters. The van der Waals surface area contributed by atoms with Gasteiger partial charge in [0.05, 0.1) is 6.20 Å². The zero-order chi connectivity index (χ0) is 10.3. The van der Waals surface area contributed by atoms with Crippen LogP contribution in [-0.4, -0.2) is 33.7 Å². The lowest BCUT2D eigenvalue weighted by atomic mass is 10.1. The number of carbonyl (C=O) groups excluding carboxylic acids is 2. The average Bonchev–Trinajstić information content (AvgIpc) is 2.66. The SMILES string of the molecule is CN1C(=O)NC(c2cnn(C)c2)C1=O. The molecule has 0 aliphatic carbocycles. The maximum absolute atomic E-state index is 11.5. The predicted octanol–water partition coefficient (Wildman–Crippen LogP) is -0.357. The zero-order valence-corrected chi connectivity index (χ0v) is 7.89. The molecule has 1 atom stereocenters. The summed E-state index contributed by atoms with van der Waals surface area (Å²) >= 11 is 0. The van der Waals surface area contributed by atoms with Crippen LogP contribution in [0.5, 0.6) is 0 Å². The van der Waals surface area contributed by atoms with Gasteiger partial charge in [0.1, 0.15) is 6.04 Å². The number of hydrogen-bond acceptors (Lipinski definition) is 3. The van der Waals surface area contributed by atoms with E-state index in [9.17, 15) is 9.59 Å². The van der Waals surface area contributed by atoms with E-state index in [2.05, 4.69) is 10.4 Å². The molecule has 0 aromatic carbocycles. The van der Waals surface area contributed by atoms with Crippen molar-refractivity contribution in [2.24, 2.45) is 7.05 Å². The summed E-state index contributed by atoms with van der Waals surface area (Å²) in [6, 6.07) is -0.954. The van der Waals surface area contributed by atoms with Crippen molar-refractivity contribution >= 4 is 11.9 Å². The second-order valence-electron chi connectivity index (χ2n) is 3.23. The molecule has 0 radical (unpaired) electrons. The van der Waals surface area contributed by atoms with Crippen LogP contribution in [0.4, 0.5) is 4.79 Å². The number of aromatic nitrogens is 2. The Morgan fingerprint density at radius 2 is 2.14 bits per heavy atom. The second-order valence-corrected chi connectivity index (χ2v) is 3.23. The quantitative estimate of drug-likeness (QED) is 0.621. The highest BCUT2D eigenvalue weighted by atomic mass is 16.2. The predicted molar refractivity (Wildman–Crippen MR) is 47.3 cm³/mol. The van der Waals surface area contributed by atoms with Gasteiger partial charge in [-0.05, 0) is 0 Å². The minimum atomic E-state index is -0.582. The number of carbonyl (C=O) groups is 2. The van der Waals surface area contributed by atoms with Gasteiger partial charge in [0.25, 0.3) is 5.91 Å². The van der Waals surface area contributed by atoms with Crippen LogP contribution in [0.3, 0.4) is 0 Å². The Hall–Kier alpha value is -1.85. The summed E-state index contributed by atoms with van der Waals surface area (Å²) in [7, 11) is 3.21. The molecule has 0 spiro atoms. The van der Waals surface area contributed by atoms with Crippen molar-refractivity contribution in [3.63, 3.8) is 0 Å². The number of amides is 3.